The fourth-order valence-electron chi connectivity index (χ4n) is 3.62. The number of benzene rings is 1. The Morgan fingerprint density at radius 3 is 2.45 bits per heavy atom. The number of anilines is 1. The summed E-state index contributed by atoms with van der Waals surface area (Å²) >= 11 is 0. The monoisotopic (exact) mass is 414 g/mol. The predicted octanol–water partition coefficient (Wildman–Crippen LogP) is 2.20. The lowest BCUT2D eigenvalue weighted by Crippen LogP contribution is -2.32. The Hall–Kier alpha value is -4.27. The molecular formula is C22H18N6O3. The number of rotatable bonds is 6. The molecule has 0 unspecified atom stereocenters. The third-order valence-electron chi connectivity index (χ3n) is 5.10. The highest BCUT2D eigenvalue weighted by Crippen LogP contribution is 2.22. The van der Waals surface area contributed by atoms with Crippen LogP contribution in [0.15, 0.2) is 67.3 Å². The van der Waals surface area contributed by atoms with E-state index in [9.17, 15) is 14.4 Å². The van der Waals surface area contributed by atoms with Crippen molar-refractivity contribution in [1.82, 2.24) is 24.1 Å². The van der Waals surface area contributed by atoms with E-state index in [1.807, 2.05) is 35.0 Å². The molecule has 4 aromatic rings. The highest BCUT2D eigenvalue weighted by atomic mass is 16.2. The first-order valence-corrected chi connectivity index (χ1v) is 9.78. The van der Waals surface area contributed by atoms with Crippen LogP contribution in [0.3, 0.4) is 0 Å². The Kier molecular flexibility index (Phi) is 4.55. The average Bonchev–Trinajstić information content (AvgIpc) is 3.45. The topological polar surface area (TPSA) is 102 Å². The Balaban J connectivity index is 1.18. The molecule has 1 aliphatic heterocycles. The number of aromatic nitrogens is 4. The number of nitrogens with one attached hydrogen (secondary N) is 1. The summed E-state index contributed by atoms with van der Waals surface area (Å²) in [6.07, 6.45) is 7.12. The zero-order chi connectivity index (χ0) is 21.4. The number of carbonyl (C=O) groups excluding carboxylic acids is 3. The van der Waals surface area contributed by atoms with Crippen molar-refractivity contribution < 1.29 is 14.4 Å². The van der Waals surface area contributed by atoms with Gasteiger partial charge in [-0.1, -0.05) is 18.2 Å². The van der Waals surface area contributed by atoms with E-state index in [1.165, 1.54) is 0 Å². The summed E-state index contributed by atoms with van der Waals surface area (Å²) in [7, 11) is 0. The standard InChI is InChI=1S/C22H18N6O3/c29-20(8-10-28-21(30)17-5-1-2-6-18(17)22(28)31)25-15-11-23-27(13-15)14-16-12-26-9-4-3-7-19(26)24-16/h1-7,9,11-13H,8,10,14H2,(H,25,29). The number of imidazole rings is 1. The molecule has 154 valence electrons. The first-order chi connectivity index (χ1) is 15.1. The van der Waals surface area contributed by atoms with Gasteiger partial charge in [0.05, 0.1) is 35.2 Å². The number of pyridine rings is 1. The van der Waals surface area contributed by atoms with Crippen LogP contribution in [0.25, 0.3) is 5.65 Å². The minimum atomic E-state index is -0.367. The van der Waals surface area contributed by atoms with Gasteiger partial charge in [-0.2, -0.15) is 5.10 Å². The van der Waals surface area contributed by atoms with Crippen LogP contribution < -0.4 is 5.32 Å². The quantitative estimate of drug-likeness (QED) is 0.488. The third-order valence-corrected chi connectivity index (χ3v) is 5.10. The zero-order valence-electron chi connectivity index (χ0n) is 16.4. The molecule has 0 saturated carbocycles. The van der Waals surface area contributed by atoms with Gasteiger partial charge in [-0.15, -0.1) is 0 Å². The average molecular weight is 414 g/mol. The van der Waals surface area contributed by atoms with Crippen molar-refractivity contribution in [3.63, 3.8) is 0 Å². The zero-order valence-corrected chi connectivity index (χ0v) is 16.4. The summed E-state index contributed by atoms with van der Waals surface area (Å²) in [5.74, 6) is -1.04. The molecular weight excluding hydrogens is 396 g/mol. The largest absolute Gasteiger partial charge is 0.323 e. The van der Waals surface area contributed by atoms with Crippen molar-refractivity contribution in [3.05, 3.63) is 84.1 Å². The summed E-state index contributed by atoms with van der Waals surface area (Å²) in [5, 5.41) is 7.01. The molecule has 0 fully saturated rings. The van der Waals surface area contributed by atoms with Gasteiger partial charge in [0, 0.05) is 31.6 Å². The number of hydrogen-bond donors (Lipinski definition) is 1. The fourth-order valence-corrected chi connectivity index (χ4v) is 3.62. The van der Waals surface area contributed by atoms with Gasteiger partial charge in [-0.3, -0.25) is 24.0 Å². The maximum Gasteiger partial charge on any atom is 0.261 e. The Morgan fingerprint density at radius 2 is 1.71 bits per heavy atom. The summed E-state index contributed by atoms with van der Waals surface area (Å²) in [6, 6.07) is 12.4. The normalized spacial score (nSPS) is 13.1. The molecule has 9 heteroatoms. The van der Waals surface area contributed by atoms with Crippen LogP contribution in [0.5, 0.6) is 0 Å². The number of amides is 3. The molecule has 3 aromatic heterocycles. The van der Waals surface area contributed by atoms with E-state index in [4.69, 9.17) is 0 Å². The number of nitrogens with zero attached hydrogens (tertiary/aromatic N) is 5. The molecule has 9 nitrogen and oxygen atoms in total. The maximum absolute atomic E-state index is 12.4. The minimum absolute atomic E-state index is 0.00306. The van der Waals surface area contributed by atoms with Crippen LogP contribution in [-0.4, -0.2) is 48.3 Å². The van der Waals surface area contributed by atoms with Gasteiger partial charge < -0.3 is 9.72 Å². The van der Waals surface area contributed by atoms with Gasteiger partial charge >= 0.3 is 0 Å². The maximum atomic E-state index is 12.4. The molecule has 0 bridgehead atoms. The Morgan fingerprint density at radius 1 is 0.968 bits per heavy atom. The van der Waals surface area contributed by atoms with Crippen molar-refractivity contribution in [2.45, 2.75) is 13.0 Å². The molecule has 1 N–H and O–H groups in total. The van der Waals surface area contributed by atoms with E-state index in [0.717, 1.165) is 16.2 Å². The Labute approximate surface area is 176 Å². The molecule has 4 heterocycles. The van der Waals surface area contributed by atoms with E-state index >= 15 is 0 Å². The van der Waals surface area contributed by atoms with Crippen LogP contribution in [0.4, 0.5) is 5.69 Å². The molecule has 3 amide bonds. The smallest absolute Gasteiger partial charge is 0.261 e. The molecule has 0 aliphatic carbocycles. The predicted molar refractivity (Wildman–Crippen MR) is 112 cm³/mol. The van der Waals surface area contributed by atoms with Gasteiger partial charge in [-0.25, -0.2) is 4.98 Å². The van der Waals surface area contributed by atoms with Crippen LogP contribution in [0.1, 0.15) is 32.8 Å². The summed E-state index contributed by atoms with van der Waals surface area (Å²) in [5.41, 5.74) is 2.99. The van der Waals surface area contributed by atoms with Crippen LogP contribution in [0, 0.1) is 0 Å². The molecule has 31 heavy (non-hydrogen) atoms. The van der Waals surface area contributed by atoms with E-state index in [-0.39, 0.29) is 30.7 Å². The van der Waals surface area contributed by atoms with Crippen molar-refractivity contribution in [3.8, 4) is 0 Å². The highest BCUT2D eigenvalue weighted by molar-refractivity contribution is 6.21. The lowest BCUT2D eigenvalue weighted by atomic mass is 10.1. The van der Waals surface area contributed by atoms with Crippen LogP contribution in [0.2, 0.25) is 0 Å². The molecule has 0 saturated heterocycles. The highest BCUT2D eigenvalue weighted by Gasteiger charge is 2.34. The SMILES string of the molecule is O=C(CCN1C(=O)c2ccccc2C1=O)Nc1cnn(Cc2cn3ccccc3n2)c1. The van der Waals surface area contributed by atoms with E-state index < -0.39 is 0 Å². The summed E-state index contributed by atoms with van der Waals surface area (Å²) in [4.78, 5) is 42.7. The van der Waals surface area contributed by atoms with Crippen molar-refractivity contribution in [2.75, 3.05) is 11.9 Å². The summed E-state index contributed by atoms with van der Waals surface area (Å²) < 4.78 is 3.61. The molecule has 1 aliphatic rings. The first kappa shape index (κ1) is 18.7. The molecule has 0 atom stereocenters. The lowest BCUT2D eigenvalue weighted by Gasteiger charge is -2.13. The van der Waals surface area contributed by atoms with Gasteiger partial charge in [0.1, 0.15) is 5.65 Å². The van der Waals surface area contributed by atoms with E-state index in [0.29, 0.717) is 23.4 Å². The van der Waals surface area contributed by atoms with Gasteiger partial charge in [0.2, 0.25) is 5.91 Å². The second-order valence-corrected chi connectivity index (χ2v) is 7.23. The number of hydrogen-bond acceptors (Lipinski definition) is 5. The second kappa shape index (κ2) is 7.52. The summed E-state index contributed by atoms with van der Waals surface area (Å²) in [6.45, 7) is 0.486. The first-order valence-electron chi connectivity index (χ1n) is 9.78. The van der Waals surface area contributed by atoms with Gasteiger partial charge in [0.25, 0.3) is 11.8 Å². The van der Waals surface area contributed by atoms with E-state index in [1.54, 1.807) is 41.3 Å². The number of imide groups is 1. The number of fused-ring (bicyclic) bond motifs is 2. The van der Waals surface area contributed by atoms with Crippen molar-refractivity contribution >= 4 is 29.1 Å². The molecule has 1 aromatic carbocycles. The van der Waals surface area contributed by atoms with Crippen molar-refractivity contribution in [1.29, 1.82) is 0 Å². The van der Waals surface area contributed by atoms with Gasteiger partial charge in [0.15, 0.2) is 0 Å². The number of carbonyl (C=O) groups is 3. The van der Waals surface area contributed by atoms with Crippen LogP contribution in [-0.2, 0) is 11.3 Å². The van der Waals surface area contributed by atoms with Crippen molar-refractivity contribution in [2.24, 2.45) is 0 Å². The molecule has 0 spiro atoms. The molecule has 5 rings (SSSR count). The Bertz CT molecular complexity index is 1250. The minimum Gasteiger partial charge on any atom is -0.323 e. The lowest BCUT2D eigenvalue weighted by molar-refractivity contribution is -0.116. The van der Waals surface area contributed by atoms with E-state index in [2.05, 4.69) is 15.4 Å². The second-order valence-electron chi connectivity index (χ2n) is 7.23. The fraction of sp³-hybridized carbons (Fsp3) is 0.136. The molecule has 0 radical (unpaired) electrons. The third kappa shape index (κ3) is 3.57. The van der Waals surface area contributed by atoms with Crippen LogP contribution >= 0.6 is 0 Å². The van der Waals surface area contributed by atoms with Gasteiger partial charge in [-0.05, 0) is 24.3 Å².